The van der Waals surface area contributed by atoms with Crippen LogP contribution in [0.2, 0.25) is 0 Å². The van der Waals surface area contributed by atoms with E-state index in [1.54, 1.807) is 30.3 Å². The molecule has 0 fully saturated rings. The van der Waals surface area contributed by atoms with Gasteiger partial charge in [-0.15, -0.1) is 0 Å². The van der Waals surface area contributed by atoms with Crippen molar-refractivity contribution in [2.24, 2.45) is 0 Å². The van der Waals surface area contributed by atoms with Gasteiger partial charge >= 0.3 is 0 Å². The van der Waals surface area contributed by atoms with E-state index in [9.17, 15) is 8.42 Å². The lowest BCUT2D eigenvalue weighted by molar-refractivity contribution is 0.402. The molecule has 0 aliphatic carbocycles. The lowest BCUT2D eigenvalue weighted by atomic mass is 10.0. The van der Waals surface area contributed by atoms with Gasteiger partial charge < -0.3 is 4.74 Å². The number of methoxy groups -OCH3 is 1. The van der Waals surface area contributed by atoms with Crippen molar-refractivity contribution >= 4 is 15.7 Å². The average molecular weight is 330 g/mol. The van der Waals surface area contributed by atoms with Gasteiger partial charge in [-0.1, -0.05) is 26.0 Å². The van der Waals surface area contributed by atoms with E-state index >= 15 is 0 Å². The fourth-order valence-electron chi connectivity index (χ4n) is 2.13. The van der Waals surface area contributed by atoms with Gasteiger partial charge in [0.2, 0.25) is 0 Å². The smallest absolute Gasteiger partial charge is 0.265 e. The van der Waals surface area contributed by atoms with Crippen molar-refractivity contribution in [1.29, 1.82) is 5.26 Å². The Morgan fingerprint density at radius 1 is 1.17 bits per heavy atom. The van der Waals surface area contributed by atoms with Crippen LogP contribution in [0.15, 0.2) is 47.4 Å². The van der Waals surface area contributed by atoms with Gasteiger partial charge in [-0.3, -0.25) is 4.72 Å². The minimum absolute atomic E-state index is 0.0618. The highest BCUT2D eigenvalue weighted by Crippen LogP contribution is 2.29. The number of hydrogen-bond donors (Lipinski definition) is 1. The van der Waals surface area contributed by atoms with E-state index in [0.717, 1.165) is 5.56 Å². The van der Waals surface area contributed by atoms with Crippen molar-refractivity contribution < 1.29 is 13.2 Å². The molecule has 0 unspecified atom stereocenters. The molecular weight excluding hydrogens is 312 g/mol. The minimum Gasteiger partial charge on any atom is -0.495 e. The molecule has 0 radical (unpaired) electrons. The van der Waals surface area contributed by atoms with Crippen molar-refractivity contribution in [3.63, 3.8) is 0 Å². The van der Waals surface area contributed by atoms with Crippen molar-refractivity contribution in [2.45, 2.75) is 24.7 Å². The topological polar surface area (TPSA) is 79.2 Å². The lowest BCUT2D eigenvalue weighted by Gasteiger charge is -2.14. The molecule has 0 saturated heterocycles. The molecule has 1 N–H and O–H groups in total. The van der Waals surface area contributed by atoms with E-state index in [4.69, 9.17) is 10.00 Å². The molecule has 5 nitrogen and oxygen atoms in total. The van der Waals surface area contributed by atoms with Gasteiger partial charge in [0, 0.05) is 0 Å². The maximum absolute atomic E-state index is 12.6. The van der Waals surface area contributed by atoms with E-state index in [2.05, 4.69) is 4.72 Å². The highest BCUT2D eigenvalue weighted by Gasteiger charge is 2.20. The third kappa shape index (κ3) is 3.82. The Morgan fingerprint density at radius 2 is 1.91 bits per heavy atom. The molecule has 23 heavy (non-hydrogen) atoms. The van der Waals surface area contributed by atoms with Crippen LogP contribution in [0.25, 0.3) is 0 Å². The van der Waals surface area contributed by atoms with Gasteiger partial charge in [0.15, 0.2) is 0 Å². The fourth-order valence-corrected chi connectivity index (χ4v) is 3.33. The zero-order valence-corrected chi connectivity index (χ0v) is 14.0. The van der Waals surface area contributed by atoms with E-state index in [1.807, 2.05) is 19.9 Å². The van der Waals surface area contributed by atoms with Gasteiger partial charge in [0.25, 0.3) is 10.0 Å². The molecule has 0 atom stereocenters. The number of hydrogen-bond acceptors (Lipinski definition) is 4. The van der Waals surface area contributed by atoms with Crippen molar-refractivity contribution in [2.75, 3.05) is 11.8 Å². The zero-order chi connectivity index (χ0) is 17.0. The molecule has 120 valence electrons. The number of ether oxygens (including phenoxy) is 1. The summed E-state index contributed by atoms with van der Waals surface area (Å²) < 4.78 is 32.9. The van der Waals surface area contributed by atoms with Gasteiger partial charge in [-0.05, 0) is 41.8 Å². The van der Waals surface area contributed by atoms with Crippen molar-refractivity contribution in [3.8, 4) is 11.8 Å². The Bertz CT molecular complexity index is 852. The summed E-state index contributed by atoms with van der Waals surface area (Å²) in [7, 11) is -2.37. The number of nitriles is 1. The summed E-state index contributed by atoms with van der Waals surface area (Å²) in [5, 5.41) is 8.89. The minimum atomic E-state index is -3.81. The van der Waals surface area contributed by atoms with Crippen LogP contribution in [0, 0.1) is 11.3 Å². The normalized spacial score (nSPS) is 11.1. The van der Waals surface area contributed by atoms with Gasteiger partial charge in [-0.2, -0.15) is 5.26 Å². The van der Waals surface area contributed by atoms with E-state index in [1.165, 1.54) is 19.2 Å². The summed E-state index contributed by atoms with van der Waals surface area (Å²) in [5.74, 6) is 0.557. The summed E-state index contributed by atoms with van der Waals surface area (Å²) in [6, 6.07) is 13.3. The molecular formula is C17H18N2O3S. The molecule has 0 spiro atoms. The second-order valence-electron chi connectivity index (χ2n) is 5.36. The standard InChI is InChI=1S/C17H18N2O3S/c1-12(2)14-7-8-17(16(10-14)22-3)23(20,21)19-15-6-4-5-13(9-15)11-18/h4-10,12,19H,1-3H3. The summed E-state index contributed by atoms with van der Waals surface area (Å²) in [5.41, 5.74) is 1.71. The van der Waals surface area contributed by atoms with Crippen LogP contribution in [-0.2, 0) is 10.0 Å². The number of anilines is 1. The number of sulfonamides is 1. The number of nitrogens with one attached hydrogen (secondary N) is 1. The molecule has 0 amide bonds. The average Bonchev–Trinajstić information content (AvgIpc) is 2.53. The monoisotopic (exact) mass is 330 g/mol. The quantitative estimate of drug-likeness (QED) is 0.910. The Balaban J connectivity index is 2.41. The molecule has 0 heterocycles. The molecule has 0 saturated carbocycles. The number of nitrogens with zero attached hydrogens (tertiary/aromatic N) is 1. The van der Waals surface area contributed by atoms with E-state index < -0.39 is 10.0 Å². The van der Waals surface area contributed by atoms with Crippen LogP contribution in [0.3, 0.4) is 0 Å². The summed E-state index contributed by atoms with van der Waals surface area (Å²) in [6.07, 6.45) is 0. The molecule has 0 bridgehead atoms. The molecule has 2 aromatic rings. The molecule has 2 aromatic carbocycles. The van der Waals surface area contributed by atoms with Crippen LogP contribution in [0.1, 0.15) is 30.9 Å². The second-order valence-corrected chi connectivity index (χ2v) is 7.01. The Hall–Kier alpha value is -2.52. The highest BCUT2D eigenvalue weighted by atomic mass is 32.2. The second kappa shape index (κ2) is 6.71. The number of rotatable bonds is 5. The fraction of sp³-hybridized carbons (Fsp3) is 0.235. The first-order valence-electron chi connectivity index (χ1n) is 7.08. The Labute approximate surface area is 136 Å². The summed E-state index contributed by atoms with van der Waals surface area (Å²) in [4.78, 5) is 0.0618. The van der Waals surface area contributed by atoms with E-state index in [0.29, 0.717) is 17.0 Å². The molecule has 0 aromatic heterocycles. The first-order valence-corrected chi connectivity index (χ1v) is 8.56. The van der Waals surface area contributed by atoms with Crippen molar-refractivity contribution in [3.05, 3.63) is 53.6 Å². The van der Waals surface area contributed by atoms with Crippen LogP contribution in [0.4, 0.5) is 5.69 Å². The van der Waals surface area contributed by atoms with Gasteiger partial charge in [0.05, 0.1) is 24.4 Å². The summed E-state index contributed by atoms with van der Waals surface area (Å²) in [6.45, 7) is 4.04. The molecule has 0 aliphatic rings. The molecule has 6 heteroatoms. The maximum Gasteiger partial charge on any atom is 0.265 e. The first-order chi connectivity index (χ1) is 10.9. The van der Waals surface area contributed by atoms with Crippen LogP contribution < -0.4 is 9.46 Å². The van der Waals surface area contributed by atoms with Crippen LogP contribution in [0.5, 0.6) is 5.75 Å². The van der Waals surface area contributed by atoms with Crippen LogP contribution >= 0.6 is 0 Å². The van der Waals surface area contributed by atoms with Crippen molar-refractivity contribution in [1.82, 2.24) is 0 Å². The van der Waals surface area contributed by atoms with Gasteiger partial charge in [0.1, 0.15) is 10.6 Å². The Kier molecular flexibility index (Phi) is 4.92. The SMILES string of the molecule is COc1cc(C(C)C)ccc1S(=O)(=O)Nc1cccc(C#N)c1. The molecule has 0 aliphatic heterocycles. The highest BCUT2D eigenvalue weighted by molar-refractivity contribution is 7.92. The van der Waals surface area contributed by atoms with E-state index in [-0.39, 0.29) is 10.8 Å². The largest absolute Gasteiger partial charge is 0.495 e. The predicted octanol–water partition coefficient (Wildman–Crippen LogP) is 3.49. The lowest BCUT2D eigenvalue weighted by Crippen LogP contribution is -2.14. The zero-order valence-electron chi connectivity index (χ0n) is 13.2. The predicted molar refractivity (Wildman–Crippen MR) is 89.0 cm³/mol. The summed E-state index contributed by atoms with van der Waals surface area (Å²) >= 11 is 0. The van der Waals surface area contributed by atoms with Gasteiger partial charge in [-0.25, -0.2) is 8.42 Å². The third-order valence-corrected chi connectivity index (χ3v) is 4.81. The van der Waals surface area contributed by atoms with Crippen LogP contribution in [-0.4, -0.2) is 15.5 Å². The number of benzene rings is 2. The maximum atomic E-state index is 12.6. The Morgan fingerprint density at radius 3 is 2.52 bits per heavy atom. The third-order valence-electron chi connectivity index (χ3n) is 3.39. The molecule has 2 rings (SSSR count). The first kappa shape index (κ1) is 16.8.